The number of thiophene rings is 1. The maximum absolute atomic E-state index is 14.1. The Morgan fingerprint density at radius 3 is 2.60 bits per heavy atom. The molecule has 1 saturated carbocycles. The van der Waals surface area contributed by atoms with Crippen LogP contribution < -0.4 is 16.0 Å². The van der Waals surface area contributed by atoms with Crippen LogP contribution in [0.1, 0.15) is 49.8 Å². The largest absolute Gasteiger partial charge is 0.496 e. The summed E-state index contributed by atoms with van der Waals surface area (Å²) in [6.07, 6.45) is 2.24. The molecule has 0 N–H and O–H groups in total. The molecule has 0 bridgehead atoms. The highest BCUT2D eigenvalue weighted by atomic mass is 79.9. The Bertz CT molecular complexity index is 1480. The number of carbonyl (C=O) groups is 1. The monoisotopic (exact) mass is 634 g/mol. The fourth-order valence-corrected chi connectivity index (χ4v) is 7.33. The first-order chi connectivity index (χ1) is 19.3. The molecule has 0 amide bonds. The number of aromatic nitrogens is 2. The highest BCUT2D eigenvalue weighted by molar-refractivity contribution is 9.11. The van der Waals surface area contributed by atoms with Crippen molar-refractivity contribution in [3.63, 3.8) is 0 Å². The van der Waals surface area contributed by atoms with Gasteiger partial charge in [0.2, 0.25) is 0 Å². The van der Waals surface area contributed by atoms with Crippen molar-refractivity contribution >= 4 is 43.5 Å². The molecule has 2 aromatic heterocycles. The number of para-hydroxylation sites is 1. The first-order valence-corrected chi connectivity index (χ1v) is 15.4. The summed E-state index contributed by atoms with van der Waals surface area (Å²) in [5.41, 5.74) is 0.985. The van der Waals surface area contributed by atoms with Gasteiger partial charge in [-0.25, -0.2) is 4.79 Å². The first-order valence-electron chi connectivity index (χ1n) is 13.8. The van der Waals surface area contributed by atoms with Crippen LogP contribution in [-0.4, -0.2) is 48.1 Å². The lowest BCUT2D eigenvalue weighted by Crippen LogP contribution is -2.45. The molecule has 3 heterocycles. The van der Waals surface area contributed by atoms with E-state index in [2.05, 4.69) is 15.9 Å². The Labute approximate surface area is 245 Å². The Kier molecular flexibility index (Phi) is 9.14. The van der Waals surface area contributed by atoms with Crippen molar-refractivity contribution in [2.75, 3.05) is 26.9 Å². The normalized spacial score (nSPS) is 20.3. The summed E-state index contributed by atoms with van der Waals surface area (Å²) in [5.74, 6) is 0.352. The van der Waals surface area contributed by atoms with E-state index >= 15 is 0 Å². The molecule has 0 unspecified atom stereocenters. The second kappa shape index (κ2) is 12.6. The van der Waals surface area contributed by atoms with Gasteiger partial charge in [-0.05, 0) is 73.0 Å². The molecule has 1 aromatic carbocycles. The zero-order chi connectivity index (χ0) is 28.4. The molecule has 5 rings (SSSR count). The summed E-state index contributed by atoms with van der Waals surface area (Å²) in [7, 11) is 1.62. The van der Waals surface area contributed by atoms with Crippen molar-refractivity contribution in [3.05, 3.63) is 60.0 Å². The predicted molar refractivity (Wildman–Crippen MR) is 156 cm³/mol. The summed E-state index contributed by atoms with van der Waals surface area (Å²) < 4.78 is 26.8. The molecular formula is C29H35BrN2O7S. The second-order valence-electron chi connectivity index (χ2n) is 10.5. The number of hydrogen-bond donors (Lipinski definition) is 0. The van der Waals surface area contributed by atoms with E-state index in [0.717, 1.165) is 27.8 Å². The van der Waals surface area contributed by atoms with Gasteiger partial charge in [-0.1, -0.05) is 18.2 Å². The van der Waals surface area contributed by atoms with Crippen molar-refractivity contribution in [1.82, 2.24) is 9.13 Å². The van der Waals surface area contributed by atoms with Crippen LogP contribution in [0, 0.1) is 18.8 Å². The topological polar surface area (TPSA) is 98.0 Å². The van der Waals surface area contributed by atoms with Crippen molar-refractivity contribution in [1.29, 1.82) is 0 Å². The molecule has 1 aliphatic heterocycles. The van der Waals surface area contributed by atoms with E-state index in [1.54, 1.807) is 18.6 Å². The average molecular weight is 636 g/mol. The lowest BCUT2D eigenvalue weighted by molar-refractivity contribution is -0.153. The van der Waals surface area contributed by atoms with Crippen LogP contribution in [0.3, 0.4) is 0 Å². The van der Waals surface area contributed by atoms with Gasteiger partial charge in [0.15, 0.2) is 0 Å². The maximum atomic E-state index is 14.1. The number of benzene rings is 1. The van der Waals surface area contributed by atoms with E-state index in [1.807, 2.05) is 31.2 Å². The average Bonchev–Trinajstić information content (AvgIpc) is 3.23. The highest BCUT2D eigenvalue weighted by Gasteiger charge is 2.36. The van der Waals surface area contributed by atoms with Gasteiger partial charge in [-0.3, -0.25) is 18.7 Å². The molecule has 11 heteroatoms. The maximum Gasteiger partial charge on any atom is 0.332 e. The van der Waals surface area contributed by atoms with E-state index in [1.165, 1.54) is 15.9 Å². The van der Waals surface area contributed by atoms with Crippen LogP contribution >= 0.6 is 27.3 Å². The zero-order valence-corrected chi connectivity index (χ0v) is 25.4. The summed E-state index contributed by atoms with van der Waals surface area (Å²) in [5, 5.41) is 0.530. The van der Waals surface area contributed by atoms with Gasteiger partial charge in [-0.2, -0.15) is 0 Å². The molecule has 2 aliphatic rings. The molecule has 0 spiro atoms. The second-order valence-corrected chi connectivity index (χ2v) is 12.8. The number of rotatable bonds is 10. The van der Waals surface area contributed by atoms with Gasteiger partial charge < -0.3 is 18.9 Å². The molecule has 216 valence electrons. The van der Waals surface area contributed by atoms with Gasteiger partial charge in [-0.15, -0.1) is 11.3 Å². The third-order valence-corrected chi connectivity index (χ3v) is 10.1. The number of aryl methyl sites for hydroxylation is 1. The number of ether oxygens (including phenoxy) is 4. The van der Waals surface area contributed by atoms with E-state index in [9.17, 15) is 14.4 Å². The van der Waals surface area contributed by atoms with Crippen LogP contribution in [0.2, 0.25) is 0 Å². The van der Waals surface area contributed by atoms with Crippen LogP contribution in [0.25, 0.3) is 10.2 Å². The number of hydrogen-bond acceptors (Lipinski definition) is 8. The Balaban J connectivity index is 1.54. The third kappa shape index (κ3) is 5.79. The molecule has 1 saturated heterocycles. The van der Waals surface area contributed by atoms with Crippen molar-refractivity contribution < 1.29 is 23.7 Å². The highest BCUT2D eigenvalue weighted by Crippen LogP contribution is 2.37. The lowest BCUT2D eigenvalue weighted by Gasteiger charge is -2.33. The lowest BCUT2D eigenvalue weighted by atomic mass is 9.75. The summed E-state index contributed by atoms with van der Waals surface area (Å²) in [6, 6.07) is 7.68. The molecule has 3 aromatic rings. The minimum atomic E-state index is -0.482. The van der Waals surface area contributed by atoms with E-state index in [4.69, 9.17) is 18.9 Å². The molecule has 1 atom stereocenters. The minimum Gasteiger partial charge on any atom is -0.496 e. The molecule has 9 nitrogen and oxygen atoms in total. The summed E-state index contributed by atoms with van der Waals surface area (Å²) in [6.45, 7) is 5.76. The first kappa shape index (κ1) is 29.0. The fourth-order valence-electron chi connectivity index (χ4n) is 5.64. The smallest absolute Gasteiger partial charge is 0.332 e. The van der Waals surface area contributed by atoms with Gasteiger partial charge in [0.25, 0.3) is 5.56 Å². The van der Waals surface area contributed by atoms with Crippen molar-refractivity contribution in [2.45, 2.75) is 64.8 Å². The Morgan fingerprint density at radius 1 is 1.18 bits per heavy atom. The fraction of sp³-hybridized carbons (Fsp3) is 0.552. The van der Waals surface area contributed by atoms with Crippen LogP contribution in [0.15, 0.2) is 37.6 Å². The zero-order valence-electron chi connectivity index (χ0n) is 23.0. The van der Waals surface area contributed by atoms with Gasteiger partial charge in [0.1, 0.15) is 16.7 Å². The third-order valence-electron chi connectivity index (χ3n) is 7.89. The number of esters is 1. The van der Waals surface area contributed by atoms with Gasteiger partial charge in [0, 0.05) is 25.3 Å². The quantitative estimate of drug-likeness (QED) is 0.295. The van der Waals surface area contributed by atoms with E-state index in [-0.39, 0.29) is 48.2 Å². The Morgan fingerprint density at radius 2 is 1.90 bits per heavy atom. The predicted octanol–water partition coefficient (Wildman–Crippen LogP) is 4.83. The van der Waals surface area contributed by atoms with Crippen molar-refractivity contribution in [3.8, 4) is 5.75 Å². The molecule has 2 fully saturated rings. The van der Waals surface area contributed by atoms with Crippen LogP contribution in [0.5, 0.6) is 5.75 Å². The van der Waals surface area contributed by atoms with Crippen LogP contribution in [0.4, 0.5) is 0 Å². The number of nitrogens with zero attached hydrogens (tertiary/aromatic N) is 2. The Hall–Kier alpha value is -2.47. The standard InChI is InChI=1S/C29H35BrN2O7S/c1-4-38-28(34)19-13-18(14-19)15-31-26(33)24-17(2)25(30)40-27(24)32(29(31)35)16-23(39-20-9-11-37-12-10-20)21-7-5-6-8-22(21)36-3/h5-8,18-20,23H,4,9-16H2,1-3H3/t18?,19?,23-/m0/s1. The SMILES string of the molecule is CCOC(=O)C1CC(Cn2c(=O)c3c(C)c(Br)sc3n(C[C@H](OC3CCOCC3)c3ccccc3OC)c2=O)C1. The molecular weight excluding hydrogens is 600 g/mol. The number of carbonyl (C=O) groups excluding carboxylic acids is 1. The number of fused-ring (bicyclic) bond motifs is 1. The molecule has 0 radical (unpaired) electrons. The number of halogens is 1. The number of methoxy groups -OCH3 is 1. The van der Waals surface area contributed by atoms with Gasteiger partial charge >= 0.3 is 11.7 Å². The van der Waals surface area contributed by atoms with Crippen molar-refractivity contribution in [2.24, 2.45) is 11.8 Å². The molecule has 1 aliphatic carbocycles. The van der Waals surface area contributed by atoms with Gasteiger partial charge in [0.05, 0.1) is 41.5 Å². The van der Waals surface area contributed by atoms with E-state index in [0.29, 0.717) is 48.6 Å². The van der Waals surface area contributed by atoms with Crippen LogP contribution in [-0.2, 0) is 32.1 Å². The molecule has 40 heavy (non-hydrogen) atoms. The minimum absolute atomic E-state index is 0.0210. The summed E-state index contributed by atoms with van der Waals surface area (Å²) >= 11 is 4.97. The summed E-state index contributed by atoms with van der Waals surface area (Å²) in [4.78, 5) is 40.5. The van der Waals surface area contributed by atoms with E-state index < -0.39 is 6.10 Å².